The molecule has 0 saturated carbocycles. The molecule has 7 nitrogen and oxygen atoms in total. The molecular weight excluding hydrogens is 575 g/mol. The second-order valence-corrected chi connectivity index (χ2v) is 10.3. The summed E-state index contributed by atoms with van der Waals surface area (Å²) >= 11 is 11.9. The summed E-state index contributed by atoms with van der Waals surface area (Å²) in [5.41, 5.74) is 9.63. The zero-order chi connectivity index (χ0) is 29.6. The quantitative estimate of drug-likeness (QED) is 0.158. The summed E-state index contributed by atoms with van der Waals surface area (Å²) in [5.74, 6) is 0.751. The summed E-state index contributed by atoms with van der Waals surface area (Å²) in [6.45, 7) is 2.62. The molecule has 0 aliphatic carbocycles. The summed E-state index contributed by atoms with van der Waals surface area (Å²) < 4.78 is 23.3. The van der Waals surface area contributed by atoms with Crippen molar-refractivity contribution in [3.63, 3.8) is 0 Å². The molecule has 4 aromatic rings. The third-order valence-electron chi connectivity index (χ3n) is 6.59. The van der Waals surface area contributed by atoms with Gasteiger partial charge in [-0.05, 0) is 66.1 Å². The first-order valence-corrected chi connectivity index (χ1v) is 13.9. The van der Waals surface area contributed by atoms with Crippen molar-refractivity contribution in [3.8, 4) is 29.1 Å². The molecule has 1 aliphatic heterocycles. The molecule has 4 aromatic carbocycles. The predicted octanol–water partition coefficient (Wildman–Crippen LogP) is 7.34. The van der Waals surface area contributed by atoms with Gasteiger partial charge in [0.15, 0.2) is 11.5 Å². The van der Waals surface area contributed by atoms with Crippen molar-refractivity contribution >= 4 is 29.2 Å². The maximum atomic E-state index is 12.6. The number of halogens is 2. The number of ether oxygens (including phenoxy) is 4. The molecule has 0 saturated heterocycles. The Morgan fingerprint density at radius 3 is 2.26 bits per heavy atom. The first-order chi connectivity index (χ1) is 20.3. The van der Waals surface area contributed by atoms with Crippen LogP contribution in [0.25, 0.3) is 0 Å². The molecule has 42 heavy (non-hydrogen) atoms. The van der Waals surface area contributed by atoms with Crippen molar-refractivity contribution in [3.05, 3.63) is 129 Å². The maximum absolute atomic E-state index is 12.6. The number of esters is 1. The van der Waals surface area contributed by atoms with Crippen LogP contribution >= 0.6 is 23.2 Å². The normalized spacial score (nSPS) is 13.9. The highest BCUT2D eigenvalue weighted by atomic mass is 35.5. The number of rotatable bonds is 9. The summed E-state index contributed by atoms with van der Waals surface area (Å²) in [7, 11) is 0. The van der Waals surface area contributed by atoms with Gasteiger partial charge in [-0.3, -0.25) is 4.79 Å². The lowest BCUT2D eigenvalue weighted by molar-refractivity contribution is -0.133. The third-order valence-corrected chi connectivity index (χ3v) is 7.10. The molecule has 2 N–H and O–H groups in total. The number of nitrogens with zero attached hydrogens (tertiary/aromatic N) is 1. The van der Waals surface area contributed by atoms with Crippen LogP contribution in [0, 0.1) is 11.3 Å². The second-order valence-electron chi connectivity index (χ2n) is 9.46. The van der Waals surface area contributed by atoms with E-state index in [-0.39, 0.29) is 17.9 Å². The number of nitriles is 1. The Morgan fingerprint density at radius 2 is 1.60 bits per heavy atom. The highest BCUT2D eigenvalue weighted by Crippen LogP contribution is 2.45. The van der Waals surface area contributed by atoms with Crippen molar-refractivity contribution in [1.29, 1.82) is 5.26 Å². The second kappa shape index (κ2) is 12.9. The number of hydrogen-bond acceptors (Lipinski definition) is 7. The molecule has 1 unspecified atom stereocenters. The van der Waals surface area contributed by atoms with Crippen LogP contribution < -0.4 is 24.7 Å². The SMILES string of the molecule is CCOc1cc(C2C(C#N)=C(N)Oc3cc(OC(=O)Cc4ccc(Cl)cc4)ccc32)ccc1OCc1ccc(Cl)cc1. The molecule has 9 heteroatoms. The van der Waals surface area contributed by atoms with Crippen LogP contribution in [0.15, 0.2) is 96.4 Å². The van der Waals surface area contributed by atoms with E-state index in [9.17, 15) is 10.1 Å². The predicted molar refractivity (Wildman–Crippen MR) is 160 cm³/mol. The molecule has 0 radical (unpaired) electrons. The van der Waals surface area contributed by atoms with E-state index in [1.807, 2.05) is 49.4 Å². The van der Waals surface area contributed by atoms with Gasteiger partial charge in [-0.25, -0.2) is 0 Å². The fourth-order valence-corrected chi connectivity index (χ4v) is 4.86. The van der Waals surface area contributed by atoms with Gasteiger partial charge < -0.3 is 24.7 Å². The molecule has 5 rings (SSSR count). The number of benzene rings is 4. The number of carbonyl (C=O) groups excluding carboxylic acids is 1. The lowest BCUT2D eigenvalue weighted by Gasteiger charge is -2.27. The van der Waals surface area contributed by atoms with Gasteiger partial charge in [0.25, 0.3) is 0 Å². The monoisotopic (exact) mass is 600 g/mol. The summed E-state index contributed by atoms with van der Waals surface area (Å²) in [6, 6.07) is 27.1. The molecule has 1 aliphatic rings. The largest absolute Gasteiger partial charge is 0.490 e. The van der Waals surface area contributed by atoms with E-state index in [4.69, 9.17) is 47.9 Å². The van der Waals surface area contributed by atoms with Crippen LogP contribution in [0.3, 0.4) is 0 Å². The Hall–Kier alpha value is -4.64. The van der Waals surface area contributed by atoms with E-state index < -0.39 is 11.9 Å². The summed E-state index contributed by atoms with van der Waals surface area (Å²) in [6.07, 6.45) is 0.0744. The van der Waals surface area contributed by atoms with Crippen LogP contribution in [0.1, 0.15) is 35.1 Å². The Labute approximate surface area is 253 Å². The van der Waals surface area contributed by atoms with Gasteiger partial charge in [0.2, 0.25) is 5.88 Å². The Morgan fingerprint density at radius 1 is 0.905 bits per heavy atom. The van der Waals surface area contributed by atoms with Gasteiger partial charge in [-0.2, -0.15) is 5.26 Å². The minimum Gasteiger partial charge on any atom is -0.490 e. The average molecular weight is 601 g/mol. The van der Waals surface area contributed by atoms with Crippen molar-refractivity contribution in [2.24, 2.45) is 5.73 Å². The van der Waals surface area contributed by atoms with Gasteiger partial charge in [0.05, 0.1) is 18.9 Å². The van der Waals surface area contributed by atoms with E-state index in [1.165, 1.54) is 0 Å². The maximum Gasteiger partial charge on any atom is 0.315 e. The van der Waals surface area contributed by atoms with E-state index in [0.717, 1.165) is 16.7 Å². The van der Waals surface area contributed by atoms with E-state index >= 15 is 0 Å². The van der Waals surface area contributed by atoms with E-state index in [0.29, 0.717) is 51.8 Å². The van der Waals surface area contributed by atoms with E-state index in [1.54, 1.807) is 42.5 Å². The van der Waals surface area contributed by atoms with Crippen molar-refractivity contribution in [2.45, 2.75) is 25.9 Å². The minimum atomic E-state index is -0.540. The third kappa shape index (κ3) is 6.63. The number of carbonyl (C=O) groups is 1. The van der Waals surface area contributed by atoms with Crippen LogP contribution in [0.4, 0.5) is 0 Å². The van der Waals surface area contributed by atoms with E-state index in [2.05, 4.69) is 6.07 Å². The van der Waals surface area contributed by atoms with Gasteiger partial charge in [-0.1, -0.05) is 59.6 Å². The smallest absolute Gasteiger partial charge is 0.315 e. The molecule has 1 heterocycles. The Balaban J connectivity index is 1.40. The summed E-state index contributed by atoms with van der Waals surface area (Å²) in [4.78, 5) is 12.6. The topological polar surface area (TPSA) is 104 Å². The summed E-state index contributed by atoms with van der Waals surface area (Å²) in [5, 5.41) is 11.2. The molecule has 0 bridgehead atoms. The number of allylic oxidation sites excluding steroid dienone is 1. The Kier molecular flexibility index (Phi) is 8.87. The number of hydrogen-bond donors (Lipinski definition) is 1. The van der Waals surface area contributed by atoms with Crippen molar-refractivity contribution < 1.29 is 23.7 Å². The molecule has 0 spiro atoms. The number of nitrogens with two attached hydrogens (primary N) is 1. The fourth-order valence-electron chi connectivity index (χ4n) is 4.61. The molecular formula is C33H26Cl2N2O5. The average Bonchev–Trinajstić information content (AvgIpc) is 2.98. The van der Waals surface area contributed by atoms with Crippen LogP contribution in [-0.4, -0.2) is 12.6 Å². The fraction of sp³-hybridized carbons (Fsp3) is 0.152. The first kappa shape index (κ1) is 28.9. The molecule has 1 atom stereocenters. The molecule has 212 valence electrons. The van der Waals surface area contributed by atoms with Crippen LogP contribution in [0.2, 0.25) is 10.0 Å². The van der Waals surface area contributed by atoms with Crippen molar-refractivity contribution in [1.82, 2.24) is 0 Å². The van der Waals surface area contributed by atoms with Crippen LogP contribution in [-0.2, 0) is 17.8 Å². The first-order valence-electron chi connectivity index (χ1n) is 13.1. The Bertz CT molecular complexity index is 1680. The molecule has 0 fully saturated rings. The van der Waals surface area contributed by atoms with Crippen LogP contribution in [0.5, 0.6) is 23.0 Å². The lowest BCUT2D eigenvalue weighted by Crippen LogP contribution is -2.21. The highest BCUT2D eigenvalue weighted by Gasteiger charge is 2.32. The molecule has 0 aromatic heterocycles. The van der Waals surface area contributed by atoms with Crippen molar-refractivity contribution in [2.75, 3.05) is 6.61 Å². The van der Waals surface area contributed by atoms with Gasteiger partial charge in [0, 0.05) is 21.7 Å². The minimum absolute atomic E-state index is 0.0272. The van der Waals surface area contributed by atoms with Gasteiger partial charge >= 0.3 is 5.97 Å². The van der Waals surface area contributed by atoms with Gasteiger partial charge in [-0.15, -0.1) is 0 Å². The zero-order valence-electron chi connectivity index (χ0n) is 22.6. The lowest BCUT2D eigenvalue weighted by atomic mass is 9.83. The standard InChI is InChI=1S/C33H26Cl2N2O5/c1-2-39-30-16-22(7-14-28(30)40-19-21-5-10-24(35)11-6-21)32-26-13-12-25(17-29(26)42-33(37)27(32)18-36)41-31(38)15-20-3-8-23(34)9-4-20/h3-14,16-17,32H,2,15,19,37H2,1H3. The van der Waals surface area contributed by atoms with Gasteiger partial charge in [0.1, 0.15) is 29.7 Å². The molecule has 0 amide bonds. The highest BCUT2D eigenvalue weighted by molar-refractivity contribution is 6.30. The number of fused-ring (bicyclic) bond motifs is 1. The zero-order valence-corrected chi connectivity index (χ0v) is 24.1.